The van der Waals surface area contributed by atoms with Crippen LogP contribution in [0, 0.1) is 0 Å². The van der Waals surface area contributed by atoms with Gasteiger partial charge in [-0.3, -0.25) is 14.5 Å². The van der Waals surface area contributed by atoms with E-state index in [1.54, 1.807) is 11.8 Å². The largest absolute Gasteiger partial charge is 0.477 e. The van der Waals surface area contributed by atoms with E-state index < -0.39 is 17.4 Å². The molecule has 2 atom stereocenters. The fourth-order valence-electron chi connectivity index (χ4n) is 3.51. The normalized spacial score (nSPS) is 20.2. The third-order valence-corrected chi connectivity index (χ3v) is 8.51. The summed E-state index contributed by atoms with van der Waals surface area (Å²) < 4.78 is 0. The van der Waals surface area contributed by atoms with Gasteiger partial charge < -0.3 is 10.4 Å². The number of fused-ring (bicyclic) bond motifs is 1. The summed E-state index contributed by atoms with van der Waals surface area (Å²) in [5.74, 6) is -1.29. The number of hydrogen-bond acceptors (Lipinski definition) is 6. The molecule has 0 saturated carbocycles. The molecule has 31 heavy (non-hydrogen) atoms. The summed E-state index contributed by atoms with van der Waals surface area (Å²) in [6.07, 6.45) is 2.15. The first-order valence-electron chi connectivity index (χ1n) is 9.55. The number of β-lactam (4-membered cyclic amide) rings is 1. The number of thioether (sulfide) groups is 3. The molecular weight excluding hydrogens is 452 g/mol. The molecule has 0 radical (unpaired) electrons. The maximum Gasteiger partial charge on any atom is 0.353 e. The third-order valence-electron chi connectivity index (χ3n) is 4.96. The Morgan fingerprint density at radius 3 is 2.48 bits per heavy atom. The highest BCUT2D eigenvalue weighted by atomic mass is 32.2. The van der Waals surface area contributed by atoms with Crippen molar-refractivity contribution in [3.05, 3.63) is 70.8 Å². The van der Waals surface area contributed by atoms with Crippen molar-refractivity contribution in [3.8, 4) is 0 Å². The Labute approximate surface area is 192 Å². The van der Waals surface area contributed by atoms with Gasteiger partial charge in [-0.2, -0.15) is 0 Å². The summed E-state index contributed by atoms with van der Waals surface area (Å²) in [6, 6.07) is 16.4. The lowest BCUT2D eigenvalue weighted by atomic mass is 10.0. The van der Waals surface area contributed by atoms with Crippen LogP contribution in [-0.4, -0.2) is 51.2 Å². The Kier molecular flexibility index (Phi) is 6.64. The molecule has 4 rings (SSSR count). The number of benzene rings is 2. The second kappa shape index (κ2) is 9.42. The van der Waals surface area contributed by atoms with Gasteiger partial charge in [0.25, 0.3) is 5.91 Å². The molecule has 0 unspecified atom stereocenters. The van der Waals surface area contributed by atoms with Crippen molar-refractivity contribution in [2.24, 2.45) is 0 Å². The van der Waals surface area contributed by atoms with E-state index in [4.69, 9.17) is 0 Å². The topological polar surface area (TPSA) is 86.7 Å². The van der Waals surface area contributed by atoms with Gasteiger partial charge in [0.1, 0.15) is 17.1 Å². The monoisotopic (exact) mass is 472 g/mol. The van der Waals surface area contributed by atoms with Crippen molar-refractivity contribution in [1.29, 1.82) is 0 Å². The summed E-state index contributed by atoms with van der Waals surface area (Å²) in [4.78, 5) is 41.2. The number of nitrogens with one attached hydrogen (secondary N) is 1. The Bertz CT molecular complexity index is 1060. The minimum atomic E-state index is -1.13. The van der Waals surface area contributed by atoms with Crippen LogP contribution in [0.2, 0.25) is 0 Å². The molecule has 2 heterocycles. The number of carboxylic acid groups (broad SMARTS) is 1. The molecule has 0 spiro atoms. The van der Waals surface area contributed by atoms with Crippen molar-refractivity contribution in [2.75, 3.05) is 12.0 Å². The molecular formula is C22H20N2O4S3. The summed E-state index contributed by atoms with van der Waals surface area (Å²) in [5, 5.41) is 12.2. The van der Waals surface area contributed by atoms with E-state index in [0.717, 1.165) is 15.4 Å². The van der Waals surface area contributed by atoms with Gasteiger partial charge in [-0.1, -0.05) is 54.2 Å². The number of carbonyl (C=O) groups is 3. The predicted molar refractivity (Wildman–Crippen MR) is 124 cm³/mol. The van der Waals surface area contributed by atoms with Gasteiger partial charge in [-0.15, -0.1) is 23.5 Å². The average Bonchev–Trinajstić information content (AvgIpc) is 2.78. The van der Waals surface area contributed by atoms with Crippen LogP contribution in [0.25, 0.3) is 0 Å². The van der Waals surface area contributed by atoms with Gasteiger partial charge >= 0.3 is 5.97 Å². The quantitative estimate of drug-likeness (QED) is 0.472. The zero-order valence-corrected chi connectivity index (χ0v) is 19.1. The van der Waals surface area contributed by atoms with Crippen LogP contribution in [-0.2, 0) is 20.8 Å². The van der Waals surface area contributed by atoms with E-state index in [0.29, 0.717) is 10.7 Å². The molecule has 2 aliphatic rings. The molecule has 1 saturated heterocycles. The summed E-state index contributed by atoms with van der Waals surface area (Å²) >= 11 is 4.45. The molecule has 2 aromatic carbocycles. The Morgan fingerprint density at radius 1 is 1.13 bits per heavy atom. The van der Waals surface area contributed by atoms with Gasteiger partial charge in [0.15, 0.2) is 0 Å². The van der Waals surface area contributed by atoms with E-state index in [1.807, 2.05) is 60.9 Å². The van der Waals surface area contributed by atoms with E-state index in [1.165, 1.54) is 28.4 Å². The number of carboxylic acids is 1. The molecule has 2 aliphatic heterocycles. The lowest BCUT2D eigenvalue weighted by Crippen LogP contribution is -2.70. The highest BCUT2D eigenvalue weighted by Crippen LogP contribution is 2.46. The summed E-state index contributed by atoms with van der Waals surface area (Å²) in [5.41, 5.74) is 0.875. The molecule has 0 aliphatic carbocycles. The van der Waals surface area contributed by atoms with Crippen LogP contribution in [0.4, 0.5) is 0 Å². The van der Waals surface area contributed by atoms with Gasteiger partial charge in [-0.05, 0) is 24.0 Å². The van der Waals surface area contributed by atoms with Crippen LogP contribution >= 0.6 is 35.3 Å². The Morgan fingerprint density at radius 2 is 1.81 bits per heavy atom. The first-order valence-corrected chi connectivity index (χ1v) is 12.6. The molecule has 9 heteroatoms. The maximum atomic E-state index is 12.8. The molecule has 2 aromatic rings. The van der Waals surface area contributed by atoms with Gasteiger partial charge in [-0.25, -0.2) is 4.79 Å². The number of nitrogens with zero attached hydrogens (tertiary/aromatic N) is 1. The van der Waals surface area contributed by atoms with Crippen LogP contribution in [0.15, 0.2) is 75.0 Å². The molecule has 6 nitrogen and oxygen atoms in total. The highest BCUT2D eigenvalue weighted by Gasteiger charge is 2.54. The average molecular weight is 473 g/mol. The number of hydrogen-bond donors (Lipinski definition) is 2. The zero-order valence-electron chi connectivity index (χ0n) is 16.6. The molecule has 1 fully saturated rings. The van der Waals surface area contributed by atoms with E-state index in [9.17, 15) is 19.5 Å². The second-order valence-electron chi connectivity index (χ2n) is 6.95. The lowest BCUT2D eigenvalue weighted by Gasteiger charge is -2.49. The van der Waals surface area contributed by atoms with Crippen molar-refractivity contribution in [3.63, 3.8) is 0 Å². The minimum Gasteiger partial charge on any atom is -0.477 e. The smallest absolute Gasteiger partial charge is 0.353 e. The molecule has 2 N–H and O–H groups in total. The summed E-state index contributed by atoms with van der Waals surface area (Å²) in [7, 11) is 0. The van der Waals surface area contributed by atoms with E-state index in [2.05, 4.69) is 5.32 Å². The fourth-order valence-corrected chi connectivity index (χ4v) is 6.87. The third kappa shape index (κ3) is 4.49. The number of carbonyl (C=O) groups excluding carboxylic acids is 2. The van der Waals surface area contributed by atoms with Crippen LogP contribution in [0.1, 0.15) is 5.56 Å². The standard InChI is InChI=1S/C22H20N2O4S3/c1-29-14-9-5-6-10-15(14)31-16-12-30-21-18(20(26)24(21)19(16)22(27)28)23-17(25)11-13-7-3-2-4-8-13/h2-10,18,21H,11-12H2,1H3,(H,23,25)(H,27,28)/t18-,21-/m1/s1. The van der Waals surface area contributed by atoms with E-state index in [-0.39, 0.29) is 23.9 Å². The predicted octanol–water partition coefficient (Wildman–Crippen LogP) is 3.44. The summed E-state index contributed by atoms with van der Waals surface area (Å²) in [6.45, 7) is 0. The van der Waals surface area contributed by atoms with E-state index >= 15 is 0 Å². The van der Waals surface area contributed by atoms with Crippen molar-refractivity contribution in [2.45, 2.75) is 27.6 Å². The molecule has 0 aromatic heterocycles. The van der Waals surface area contributed by atoms with Crippen LogP contribution in [0.5, 0.6) is 0 Å². The molecule has 160 valence electrons. The maximum absolute atomic E-state index is 12.8. The van der Waals surface area contributed by atoms with Crippen molar-refractivity contribution >= 4 is 53.1 Å². The minimum absolute atomic E-state index is 0.0169. The van der Waals surface area contributed by atoms with Crippen molar-refractivity contribution < 1.29 is 19.5 Å². The molecule has 0 bridgehead atoms. The first-order chi connectivity index (χ1) is 15.0. The number of rotatable bonds is 7. The Balaban J connectivity index is 1.50. The van der Waals surface area contributed by atoms with Crippen LogP contribution < -0.4 is 5.32 Å². The fraction of sp³-hybridized carbons (Fsp3) is 0.227. The zero-order chi connectivity index (χ0) is 22.0. The number of aliphatic carboxylic acids is 1. The number of amides is 2. The van der Waals surface area contributed by atoms with Gasteiger partial charge in [0.2, 0.25) is 5.91 Å². The second-order valence-corrected chi connectivity index (χ2v) is 10.0. The van der Waals surface area contributed by atoms with Crippen LogP contribution in [0.3, 0.4) is 0 Å². The SMILES string of the molecule is CSc1ccccc1SC1=C(C(=O)O)N2C(=O)[C@@H](NC(=O)Cc3ccccc3)[C@H]2SC1. The molecule has 2 amide bonds. The van der Waals surface area contributed by atoms with Gasteiger partial charge in [0, 0.05) is 20.4 Å². The van der Waals surface area contributed by atoms with Crippen molar-refractivity contribution in [1.82, 2.24) is 10.2 Å². The lowest BCUT2D eigenvalue weighted by molar-refractivity contribution is -0.150. The van der Waals surface area contributed by atoms with Gasteiger partial charge in [0.05, 0.1) is 6.42 Å². The first kappa shape index (κ1) is 21.9. The highest BCUT2D eigenvalue weighted by molar-refractivity contribution is 8.07. The Hall–Kier alpha value is -2.36.